The molecule has 0 bridgehead atoms. The molecule has 1 fully saturated rings. The van der Waals surface area contributed by atoms with E-state index in [2.05, 4.69) is 29.6 Å². The first kappa shape index (κ1) is 21.8. The summed E-state index contributed by atoms with van der Waals surface area (Å²) in [6.45, 7) is 1.16. The van der Waals surface area contributed by atoms with Crippen LogP contribution in [0.25, 0.3) is 0 Å². The van der Waals surface area contributed by atoms with E-state index in [1.807, 2.05) is 6.07 Å². The van der Waals surface area contributed by atoms with Gasteiger partial charge in [-0.05, 0) is 54.7 Å². The second-order valence-corrected chi connectivity index (χ2v) is 8.91. The molecule has 5 nitrogen and oxygen atoms in total. The summed E-state index contributed by atoms with van der Waals surface area (Å²) in [5.74, 6) is 3.25. The van der Waals surface area contributed by atoms with Gasteiger partial charge in [0.25, 0.3) is 0 Å². The van der Waals surface area contributed by atoms with Crippen molar-refractivity contribution < 1.29 is 24.3 Å². The monoisotopic (exact) mass is 426 g/mol. The second kappa shape index (κ2) is 9.39. The molecule has 1 aliphatic carbocycles. The molecule has 5 heteroatoms. The molecule has 4 rings (SSSR count). The third-order valence-corrected chi connectivity index (χ3v) is 7.32. The third-order valence-electron chi connectivity index (χ3n) is 7.32. The second-order valence-electron chi connectivity index (χ2n) is 8.91. The maximum Gasteiger partial charge on any atom is 0.161 e. The Labute approximate surface area is 186 Å². The Morgan fingerprint density at radius 3 is 2.13 bits per heavy atom. The average molecular weight is 427 g/mol. The minimum absolute atomic E-state index is 0.271. The van der Waals surface area contributed by atoms with Gasteiger partial charge in [0.05, 0.1) is 35.0 Å². The van der Waals surface area contributed by atoms with Gasteiger partial charge < -0.3 is 24.3 Å². The van der Waals surface area contributed by atoms with E-state index in [-0.39, 0.29) is 5.41 Å². The van der Waals surface area contributed by atoms with E-state index in [1.54, 1.807) is 28.4 Å². The van der Waals surface area contributed by atoms with Crippen LogP contribution in [0.5, 0.6) is 23.0 Å². The van der Waals surface area contributed by atoms with Gasteiger partial charge in [-0.25, -0.2) is 0 Å². The highest BCUT2D eigenvalue weighted by Gasteiger charge is 2.43. The number of hydrogen-bond donors (Lipinski definition) is 1. The molecule has 2 aromatic rings. The summed E-state index contributed by atoms with van der Waals surface area (Å²) in [6.07, 6.45) is 8.59. The minimum atomic E-state index is 0.271. The minimum Gasteiger partial charge on any atom is -0.493 e. The number of benzene rings is 2. The fourth-order valence-electron chi connectivity index (χ4n) is 5.60. The predicted molar refractivity (Wildman–Crippen MR) is 122 cm³/mol. The maximum absolute atomic E-state index is 5.69. The highest BCUT2D eigenvalue weighted by atomic mass is 16.5. The van der Waals surface area contributed by atoms with Crippen molar-refractivity contribution in [2.45, 2.75) is 56.4 Å². The molecular formula is C26H36NO4+. The van der Waals surface area contributed by atoms with Gasteiger partial charge in [0.1, 0.15) is 6.04 Å². The molecule has 1 spiro atoms. The Morgan fingerprint density at radius 2 is 1.45 bits per heavy atom. The van der Waals surface area contributed by atoms with Gasteiger partial charge in [0.15, 0.2) is 23.0 Å². The normalized spacial score (nSPS) is 19.5. The van der Waals surface area contributed by atoms with E-state index in [0.29, 0.717) is 6.04 Å². The highest BCUT2D eigenvalue weighted by molar-refractivity contribution is 5.52. The van der Waals surface area contributed by atoms with E-state index in [4.69, 9.17) is 18.9 Å². The molecule has 1 atom stereocenters. The lowest BCUT2D eigenvalue weighted by Crippen LogP contribution is -2.90. The topological polar surface area (TPSA) is 53.5 Å². The van der Waals surface area contributed by atoms with Crippen LogP contribution in [-0.4, -0.2) is 35.0 Å². The third kappa shape index (κ3) is 4.20. The summed E-state index contributed by atoms with van der Waals surface area (Å²) in [5, 5.41) is 2.57. The van der Waals surface area contributed by atoms with Gasteiger partial charge in [0.2, 0.25) is 0 Å². The number of quaternary nitrogens is 1. The first-order valence-electron chi connectivity index (χ1n) is 11.4. The lowest BCUT2D eigenvalue weighted by Gasteiger charge is -2.43. The molecule has 0 radical (unpaired) electrons. The van der Waals surface area contributed by atoms with Crippen molar-refractivity contribution in [3.63, 3.8) is 0 Å². The molecule has 1 saturated carbocycles. The Bertz CT molecular complexity index is 905. The van der Waals surface area contributed by atoms with Crippen LogP contribution in [0.1, 0.15) is 61.3 Å². The zero-order chi connectivity index (χ0) is 21.8. The van der Waals surface area contributed by atoms with Crippen molar-refractivity contribution in [2.24, 2.45) is 0 Å². The maximum atomic E-state index is 5.69. The number of ether oxygens (including phenoxy) is 4. The standard InChI is InChI=1S/C26H35NO4/c1-28-22-11-9-18(14-23(22)29-2)8-10-21-19-15-24(30-3)25(31-4)16-20(19)26(17-27-21)12-6-5-7-13-26/h9,11,14-16,21,27H,5-8,10,12-13,17H2,1-4H3/p+1. The molecule has 1 aliphatic heterocycles. The fourth-order valence-corrected chi connectivity index (χ4v) is 5.60. The van der Waals surface area contributed by atoms with Crippen LogP contribution in [0.2, 0.25) is 0 Å². The molecule has 2 aliphatic rings. The quantitative estimate of drug-likeness (QED) is 0.722. The van der Waals surface area contributed by atoms with Crippen LogP contribution in [0.15, 0.2) is 30.3 Å². The SMILES string of the molecule is COc1ccc(CCC2[NH2+]CC3(CCCCC3)c3cc(OC)c(OC)cc32)cc1OC. The Balaban J connectivity index is 1.63. The van der Waals surface area contributed by atoms with Crippen LogP contribution in [0, 0.1) is 0 Å². The first-order chi connectivity index (χ1) is 15.1. The molecule has 2 N–H and O–H groups in total. The number of rotatable bonds is 7. The van der Waals surface area contributed by atoms with Crippen LogP contribution >= 0.6 is 0 Å². The van der Waals surface area contributed by atoms with Crippen LogP contribution < -0.4 is 24.3 Å². The number of aryl methyl sites for hydroxylation is 1. The van der Waals surface area contributed by atoms with Crippen molar-refractivity contribution >= 4 is 0 Å². The van der Waals surface area contributed by atoms with Crippen LogP contribution in [-0.2, 0) is 11.8 Å². The van der Waals surface area contributed by atoms with E-state index in [9.17, 15) is 0 Å². The number of nitrogens with two attached hydrogens (primary N) is 1. The Morgan fingerprint density at radius 1 is 0.806 bits per heavy atom. The average Bonchev–Trinajstić information content (AvgIpc) is 2.83. The lowest BCUT2D eigenvalue weighted by molar-refractivity contribution is -0.708. The molecule has 0 aromatic heterocycles. The first-order valence-corrected chi connectivity index (χ1v) is 11.4. The summed E-state index contributed by atoms with van der Waals surface area (Å²) in [6, 6.07) is 11.2. The molecule has 168 valence electrons. The summed E-state index contributed by atoms with van der Waals surface area (Å²) < 4.78 is 22.2. The largest absolute Gasteiger partial charge is 0.493 e. The Hall–Kier alpha value is -2.40. The van der Waals surface area contributed by atoms with Crippen molar-refractivity contribution in [3.05, 3.63) is 47.0 Å². The molecule has 1 heterocycles. The van der Waals surface area contributed by atoms with Gasteiger partial charge >= 0.3 is 0 Å². The van der Waals surface area contributed by atoms with Crippen LogP contribution in [0.3, 0.4) is 0 Å². The Kier molecular flexibility index (Phi) is 6.61. The lowest BCUT2D eigenvalue weighted by atomic mass is 9.65. The highest BCUT2D eigenvalue weighted by Crippen LogP contribution is 2.47. The zero-order valence-corrected chi connectivity index (χ0v) is 19.3. The van der Waals surface area contributed by atoms with Crippen molar-refractivity contribution in [1.82, 2.24) is 0 Å². The number of methoxy groups -OCH3 is 4. The molecule has 31 heavy (non-hydrogen) atoms. The van der Waals surface area contributed by atoms with Crippen molar-refractivity contribution in [1.29, 1.82) is 0 Å². The summed E-state index contributed by atoms with van der Waals surface area (Å²) >= 11 is 0. The zero-order valence-electron chi connectivity index (χ0n) is 19.3. The van der Waals surface area contributed by atoms with Crippen molar-refractivity contribution in [3.8, 4) is 23.0 Å². The number of fused-ring (bicyclic) bond motifs is 2. The fraction of sp³-hybridized carbons (Fsp3) is 0.538. The summed E-state index contributed by atoms with van der Waals surface area (Å²) in [7, 11) is 6.83. The van der Waals surface area contributed by atoms with E-state index < -0.39 is 0 Å². The molecular weight excluding hydrogens is 390 g/mol. The van der Waals surface area contributed by atoms with Gasteiger partial charge in [-0.15, -0.1) is 0 Å². The van der Waals surface area contributed by atoms with Gasteiger partial charge in [0, 0.05) is 17.4 Å². The van der Waals surface area contributed by atoms with Gasteiger partial charge in [-0.2, -0.15) is 0 Å². The van der Waals surface area contributed by atoms with E-state index in [0.717, 1.165) is 42.4 Å². The predicted octanol–water partition coefficient (Wildman–Crippen LogP) is 4.17. The van der Waals surface area contributed by atoms with Crippen LogP contribution in [0.4, 0.5) is 0 Å². The molecule has 0 amide bonds. The van der Waals surface area contributed by atoms with Gasteiger partial charge in [-0.3, -0.25) is 0 Å². The molecule has 0 saturated heterocycles. The summed E-state index contributed by atoms with van der Waals surface area (Å²) in [5.41, 5.74) is 4.45. The van der Waals surface area contributed by atoms with Gasteiger partial charge in [-0.1, -0.05) is 25.3 Å². The van der Waals surface area contributed by atoms with E-state index >= 15 is 0 Å². The molecule has 1 unspecified atom stereocenters. The molecule has 2 aromatic carbocycles. The smallest absolute Gasteiger partial charge is 0.161 e. The number of hydrogen-bond acceptors (Lipinski definition) is 4. The van der Waals surface area contributed by atoms with E-state index in [1.165, 1.54) is 48.8 Å². The summed E-state index contributed by atoms with van der Waals surface area (Å²) in [4.78, 5) is 0. The van der Waals surface area contributed by atoms with Crippen molar-refractivity contribution in [2.75, 3.05) is 35.0 Å².